The molecule has 1 aliphatic heterocycles. The van der Waals surface area contributed by atoms with Gasteiger partial charge in [-0.1, -0.05) is 0 Å². The lowest BCUT2D eigenvalue weighted by Gasteiger charge is -2.16. The van der Waals surface area contributed by atoms with Gasteiger partial charge < -0.3 is 15.3 Å². The van der Waals surface area contributed by atoms with Crippen molar-refractivity contribution in [3.63, 3.8) is 0 Å². The molecule has 0 aromatic heterocycles. The standard InChI is InChI=1S/C12H15N3O4/c1-13-10-6-8(2-3-11(10)15(18)19)12(17)14-5-4-9(16)7-14/h2-3,6,9,13,16H,4-5,7H2,1H3. The SMILES string of the molecule is CNc1cc(C(=O)N2CCC(O)C2)ccc1[N+](=O)[O-]. The number of nitro benzene ring substituents is 1. The van der Waals surface area contributed by atoms with Crippen LogP contribution in [0.25, 0.3) is 0 Å². The summed E-state index contributed by atoms with van der Waals surface area (Å²) in [4.78, 5) is 24.0. The van der Waals surface area contributed by atoms with E-state index in [2.05, 4.69) is 5.32 Å². The van der Waals surface area contributed by atoms with Crippen LogP contribution in [0.15, 0.2) is 18.2 Å². The van der Waals surface area contributed by atoms with Gasteiger partial charge in [-0.3, -0.25) is 14.9 Å². The van der Waals surface area contributed by atoms with E-state index in [-0.39, 0.29) is 11.6 Å². The highest BCUT2D eigenvalue weighted by Gasteiger charge is 2.26. The van der Waals surface area contributed by atoms with Crippen LogP contribution in [0, 0.1) is 10.1 Å². The van der Waals surface area contributed by atoms with E-state index in [1.165, 1.54) is 18.2 Å². The number of carbonyl (C=O) groups excluding carboxylic acids is 1. The highest BCUT2D eigenvalue weighted by Crippen LogP contribution is 2.26. The van der Waals surface area contributed by atoms with Crippen molar-refractivity contribution in [2.45, 2.75) is 12.5 Å². The molecule has 102 valence electrons. The maximum atomic E-state index is 12.2. The normalized spacial score (nSPS) is 18.4. The lowest BCUT2D eigenvalue weighted by Crippen LogP contribution is -2.29. The van der Waals surface area contributed by atoms with Crippen LogP contribution < -0.4 is 5.32 Å². The molecule has 1 aromatic carbocycles. The van der Waals surface area contributed by atoms with Gasteiger partial charge in [0, 0.05) is 31.8 Å². The fraction of sp³-hybridized carbons (Fsp3) is 0.417. The van der Waals surface area contributed by atoms with Crippen molar-refractivity contribution in [3.05, 3.63) is 33.9 Å². The van der Waals surface area contributed by atoms with Crippen molar-refractivity contribution in [1.29, 1.82) is 0 Å². The number of β-amino-alcohol motifs (C(OH)–C–C–N with tert-alkyl or cyclic N) is 1. The topological polar surface area (TPSA) is 95.7 Å². The van der Waals surface area contributed by atoms with Gasteiger partial charge in [0.15, 0.2) is 0 Å². The number of anilines is 1. The number of nitrogens with zero attached hydrogens (tertiary/aromatic N) is 2. The molecule has 1 heterocycles. The second-order valence-corrected chi connectivity index (χ2v) is 4.43. The zero-order valence-electron chi connectivity index (χ0n) is 10.5. The zero-order valence-corrected chi connectivity index (χ0v) is 10.5. The molecule has 7 nitrogen and oxygen atoms in total. The van der Waals surface area contributed by atoms with Crippen molar-refractivity contribution in [2.75, 3.05) is 25.5 Å². The predicted molar refractivity (Wildman–Crippen MR) is 69.2 cm³/mol. The molecule has 1 unspecified atom stereocenters. The highest BCUT2D eigenvalue weighted by molar-refractivity contribution is 5.96. The number of benzene rings is 1. The Morgan fingerprint density at radius 3 is 2.84 bits per heavy atom. The highest BCUT2D eigenvalue weighted by atomic mass is 16.6. The smallest absolute Gasteiger partial charge is 0.292 e. The second-order valence-electron chi connectivity index (χ2n) is 4.43. The molecule has 1 amide bonds. The Labute approximate surface area is 110 Å². The number of nitrogens with one attached hydrogen (secondary N) is 1. The molecular formula is C12H15N3O4. The molecule has 1 aliphatic rings. The number of rotatable bonds is 3. The number of aliphatic hydroxyl groups excluding tert-OH is 1. The van der Waals surface area contributed by atoms with Crippen LogP contribution in [-0.2, 0) is 0 Å². The van der Waals surface area contributed by atoms with E-state index < -0.39 is 11.0 Å². The van der Waals surface area contributed by atoms with Gasteiger partial charge in [-0.2, -0.15) is 0 Å². The molecule has 0 radical (unpaired) electrons. The molecule has 2 N–H and O–H groups in total. The van der Waals surface area contributed by atoms with Crippen LogP contribution in [-0.4, -0.2) is 47.1 Å². The number of hydrogen-bond acceptors (Lipinski definition) is 5. The van der Waals surface area contributed by atoms with Gasteiger partial charge in [0.1, 0.15) is 5.69 Å². The van der Waals surface area contributed by atoms with E-state index in [1.54, 1.807) is 11.9 Å². The molecule has 0 bridgehead atoms. The quantitative estimate of drug-likeness (QED) is 0.623. The number of aliphatic hydroxyl groups is 1. The molecule has 0 saturated carbocycles. The number of amides is 1. The summed E-state index contributed by atoms with van der Waals surface area (Å²) in [6, 6.07) is 4.21. The third-order valence-electron chi connectivity index (χ3n) is 3.16. The van der Waals surface area contributed by atoms with Crippen molar-refractivity contribution in [3.8, 4) is 0 Å². The van der Waals surface area contributed by atoms with Crippen LogP contribution in [0.2, 0.25) is 0 Å². The Morgan fingerprint density at radius 1 is 1.58 bits per heavy atom. The second kappa shape index (κ2) is 5.23. The van der Waals surface area contributed by atoms with Gasteiger partial charge >= 0.3 is 0 Å². The minimum atomic E-state index is -0.500. The lowest BCUT2D eigenvalue weighted by molar-refractivity contribution is -0.383. The zero-order chi connectivity index (χ0) is 14.0. The van der Waals surface area contributed by atoms with Gasteiger partial charge in [-0.15, -0.1) is 0 Å². The van der Waals surface area contributed by atoms with E-state index >= 15 is 0 Å². The van der Waals surface area contributed by atoms with Crippen LogP contribution >= 0.6 is 0 Å². The number of hydrogen-bond donors (Lipinski definition) is 2. The maximum Gasteiger partial charge on any atom is 0.292 e. The van der Waals surface area contributed by atoms with E-state index in [0.29, 0.717) is 30.8 Å². The van der Waals surface area contributed by atoms with Crippen LogP contribution in [0.3, 0.4) is 0 Å². The predicted octanol–water partition coefficient (Wildman–Crippen LogP) is 0.843. The minimum absolute atomic E-state index is 0.0690. The van der Waals surface area contributed by atoms with Gasteiger partial charge in [0.05, 0.1) is 11.0 Å². The Kier molecular flexibility index (Phi) is 3.66. The Morgan fingerprint density at radius 2 is 2.32 bits per heavy atom. The summed E-state index contributed by atoms with van der Waals surface area (Å²) >= 11 is 0. The molecular weight excluding hydrogens is 250 g/mol. The first-order chi connectivity index (χ1) is 9.02. The summed E-state index contributed by atoms with van der Waals surface area (Å²) < 4.78 is 0. The van der Waals surface area contributed by atoms with Gasteiger partial charge in [0.2, 0.25) is 0 Å². The van der Waals surface area contributed by atoms with E-state index in [4.69, 9.17) is 0 Å². The summed E-state index contributed by atoms with van der Waals surface area (Å²) in [5.41, 5.74) is 0.611. The summed E-state index contributed by atoms with van der Waals surface area (Å²) in [5, 5.41) is 22.9. The Hall–Kier alpha value is -2.15. The third kappa shape index (κ3) is 2.65. The van der Waals surface area contributed by atoms with E-state index in [0.717, 1.165) is 0 Å². The monoisotopic (exact) mass is 265 g/mol. The molecule has 2 rings (SSSR count). The third-order valence-corrected chi connectivity index (χ3v) is 3.16. The fourth-order valence-corrected chi connectivity index (χ4v) is 2.14. The average molecular weight is 265 g/mol. The first-order valence-electron chi connectivity index (χ1n) is 5.96. The van der Waals surface area contributed by atoms with Gasteiger partial charge in [-0.25, -0.2) is 0 Å². The molecule has 0 aliphatic carbocycles. The largest absolute Gasteiger partial charge is 0.391 e. The van der Waals surface area contributed by atoms with Crippen molar-refractivity contribution in [2.24, 2.45) is 0 Å². The average Bonchev–Trinajstić information content (AvgIpc) is 2.83. The van der Waals surface area contributed by atoms with Crippen molar-refractivity contribution < 1.29 is 14.8 Å². The Balaban J connectivity index is 2.26. The maximum absolute atomic E-state index is 12.2. The number of carbonyl (C=O) groups is 1. The van der Waals surface area contributed by atoms with Crippen molar-refractivity contribution in [1.82, 2.24) is 4.90 Å². The number of likely N-dealkylation sites (tertiary alicyclic amines) is 1. The summed E-state index contributed by atoms with van der Waals surface area (Å²) in [6.07, 6.45) is 0.0863. The number of nitro groups is 1. The van der Waals surface area contributed by atoms with Crippen LogP contribution in [0.5, 0.6) is 0 Å². The van der Waals surface area contributed by atoms with Crippen LogP contribution in [0.4, 0.5) is 11.4 Å². The van der Waals surface area contributed by atoms with E-state index in [9.17, 15) is 20.0 Å². The first-order valence-corrected chi connectivity index (χ1v) is 5.96. The molecule has 19 heavy (non-hydrogen) atoms. The van der Waals surface area contributed by atoms with E-state index in [1.807, 2.05) is 0 Å². The first kappa shape index (κ1) is 13.3. The molecule has 1 fully saturated rings. The molecule has 1 atom stereocenters. The summed E-state index contributed by atoms with van der Waals surface area (Å²) in [5.74, 6) is -0.219. The lowest BCUT2D eigenvalue weighted by atomic mass is 10.1. The summed E-state index contributed by atoms with van der Waals surface area (Å²) in [7, 11) is 1.57. The van der Waals surface area contributed by atoms with Crippen molar-refractivity contribution >= 4 is 17.3 Å². The van der Waals surface area contributed by atoms with Gasteiger partial charge in [0.25, 0.3) is 11.6 Å². The molecule has 0 spiro atoms. The molecule has 7 heteroatoms. The fourth-order valence-electron chi connectivity index (χ4n) is 2.14. The summed E-state index contributed by atoms with van der Waals surface area (Å²) in [6.45, 7) is 0.816. The minimum Gasteiger partial charge on any atom is -0.391 e. The van der Waals surface area contributed by atoms with Gasteiger partial charge in [-0.05, 0) is 18.6 Å². The van der Waals surface area contributed by atoms with Crippen LogP contribution in [0.1, 0.15) is 16.8 Å². The molecule has 1 saturated heterocycles. The Bertz CT molecular complexity index is 518. The molecule has 1 aromatic rings.